The number of halogens is 1. The highest BCUT2D eigenvalue weighted by Crippen LogP contribution is 2.31. The fraction of sp³-hybridized carbons (Fsp3) is 0.462. The SMILES string of the molecule is CCC1(CC)C(=O)NC(=O)N1Cc1ccncc1Cl. The molecule has 0 aliphatic carbocycles. The second-order valence-corrected chi connectivity index (χ2v) is 4.96. The molecular weight excluding hydrogens is 266 g/mol. The zero-order chi connectivity index (χ0) is 14.0. The average molecular weight is 282 g/mol. The average Bonchev–Trinajstić information content (AvgIpc) is 2.64. The lowest BCUT2D eigenvalue weighted by Crippen LogP contribution is -2.48. The highest BCUT2D eigenvalue weighted by molar-refractivity contribution is 6.31. The number of imide groups is 1. The first-order chi connectivity index (χ1) is 9.05. The molecule has 1 aromatic heterocycles. The molecule has 1 aromatic rings. The van der Waals surface area contributed by atoms with Crippen LogP contribution in [0.1, 0.15) is 32.3 Å². The first kappa shape index (κ1) is 13.8. The van der Waals surface area contributed by atoms with Crippen LogP contribution < -0.4 is 5.32 Å². The molecule has 102 valence electrons. The van der Waals surface area contributed by atoms with Crippen molar-refractivity contribution in [1.29, 1.82) is 0 Å². The molecule has 0 saturated carbocycles. The van der Waals surface area contributed by atoms with Crippen molar-refractivity contribution < 1.29 is 9.59 Å². The third kappa shape index (κ3) is 2.18. The Morgan fingerprint density at radius 2 is 2.05 bits per heavy atom. The molecule has 0 atom stereocenters. The molecule has 1 saturated heterocycles. The maximum absolute atomic E-state index is 12.0. The van der Waals surface area contributed by atoms with E-state index >= 15 is 0 Å². The van der Waals surface area contributed by atoms with Crippen molar-refractivity contribution in [3.05, 3.63) is 29.0 Å². The molecule has 5 nitrogen and oxygen atoms in total. The van der Waals surface area contributed by atoms with Gasteiger partial charge >= 0.3 is 6.03 Å². The van der Waals surface area contributed by atoms with Gasteiger partial charge in [-0.15, -0.1) is 0 Å². The number of nitrogens with one attached hydrogen (secondary N) is 1. The summed E-state index contributed by atoms with van der Waals surface area (Å²) in [5.41, 5.74) is 0.0109. The van der Waals surface area contributed by atoms with E-state index in [2.05, 4.69) is 10.3 Å². The topological polar surface area (TPSA) is 62.3 Å². The standard InChI is InChI=1S/C13H16ClN3O2/c1-3-13(4-2)11(18)16-12(19)17(13)8-9-5-6-15-7-10(9)14/h5-7H,3-4,8H2,1-2H3,(H,16,18,19). The molecule has 0 radical (unpaired) electrons. The number of pyridine rings is 1. The Bertz CT molecular complexity index is 514. The summed E-state index contributed by atoms with van der Waals surface area (Å²) in [7, 11) is 0. The van der Waals surface area contributed by atoms with E-state index < -0.39 is 5.54 Å². The quantitative estimate of drug-likeness (QED) is 0.862. The Labute approximate surface area is 117 Å². The normalized spacial score (nSPS) is 17.7. The van der Waals surface area contributed by atoms with E-state index in [9.17, 15) is 9.59 Å². The second kappa shape index (κ2) is 5.17. The third-order valence-electron chi connectivity index (χ3n) is 3.76. The minimum absolute atomic E-state index is 0.229. The number of hydrogen-bond acceptors (Lipinski definition) is 3. The van der Waals surface area contributed by atoms with E-state index in [0.29, 0.717) is 24.4 Å². The maximum Gasteiger partial charge on any atom is 0.325 e. The number of nitrogens with zero attached hydrogens (tertiary/aromatic N) is 2. The van der Waals surface area contributed by atoms with Gasteiger partial charge < -0.3 is 4.90 Å². The molecule has 6 heteroatoms. The van der Waals surface area contributed by atoms with Gasteiger partial charge in [0.25, 0.3) is 5.91 Å². The van der Waals surface area contributed by atoms with E-state index in [1.165, 1.54) is 6.20 Å². The Hall–Kier alpha value is -1.62. The van der Waals surface area contributed by atoms with E-state index in [4.69, 9.17) is 11.6 Å². The molecule has 1 aliphatic heterocycles. The van der Waals surface area contributed by atoms with E-state index in [1.807, 2.05) is 13.8 Å². The van der Waals surface area contributed by atoms with Gasteiger partial charge in [0.2, 0.25) is 0 Å². The van der Waals surface area contributed by atoms with Crippen LogP contribution >= 0.6 is 11.6 Å². The Morgan fingerprint density at radius 1 is 1.37 bits per heavy atom. The largest absolute Gasteiger partial charge is 0.325 e. The summed E-state index contributed by atoms with van der Waals surface area (Å²) in [6, 6.07) is 1.40. The predicted octanol–water partition coefficient (Wildman–Crippen LogP) is 2.35. The van der Waals surface area contributed by atoms with Gasteiger partial charge in [-0.2, -0.15) is 0 Å². The zero-order valence-corrected chi connectivity index (χ0v) is 11.7. The van der Waals surface area contributed by atoms with Crippen molar-refractivity contribution in [2.75, 3.05) is 0 Å². The molecule has 19 heavy (non-hydrogen) atoms. The molecule has 1 fully saturated rings. The van der Waals surface area contributed by atoms with Crippen molar-refractivity contribution >= 4 is 23.5 Å². The van der Waals surface area contributed by atoms with Crippen LogP contribution in [0.25, 0.3) is 0 Å². The molecule has 0 unspecified atom stereocenters. The summed E-state index contributed by atoms with van der Waals surface area (Å²) < 4.78 is 0. The van der Waals surface area contributed by atoms with Crippen LogP contribution in [-0.4, -0.2) is 27.4 Å². The third-order valence-corrected chi connectivity index (χ3v) is 4.10. The minimum atomic E-state index is -0.774. The highest BCUT2D eigenvalue weighted by atomic mass is 35.5. The first-order valence-corrected chi connectivity index (χ1v) is 6.64. The van der Waals surface area contributed by atoms with Gasteiger partial charge in [0.05, 0.1) is 11.6 Å². The molecular formula is C13H16ClN3O2. The van der Waals surface area contributed by atoms with Crippen LogP contribution in [-0.2, 0) is 11.3 Å². The van der Waals surface area contributed by atoms with Gasteiger partial charge in [0.1, 0.15) is 5.54 Å². The van der Waals surface area contributed by atoms with Crippen LogP contribution in [0.3, 0.4) is 0 Å². The highest BCUT2D eigenvalue weighted by Gasteiger charge is 2.50. The fourth-order valence-corrected chi connectivity index (χ4v) is 2.66. The van der Waals surface area contributed by atoms with Crippen LogP contribution in [0.2, 0.25) is 5.02 Å². The first-order valence-electron chi connectivity index (χ1n) is 6.26. The van der Waals surface area contributed by atoms with Gasteiger partial charge in [0, 0.05) is 12.4 Å². The van der Waals surface area contributed by atoms with Crippen molar-refractivity contribution in [1.82, 2.24) is 15.2 Å². The van der Waals surface area contributed by atoms with Crippen LogP contribution in [0, 0.1) is 0 Å². The number of carbonyl (C=O) groups is 2. The number of aromatic nitrogens is 1. The zero-order valence-electron chi connectivity index (χ0n) is 10.9. The van der Waals surface area contributed by atoms with Crippen molar-refractivity contribution in [2.24, 2.45) is 0 Å². The molecule has 0 spiro atoms. The predicted molar refractivity (Wildman–Crippen MR) is 71.6 cm³/mol. The van der Waals surface area contributed by atoms with Gasteiger partial charge in [-0.3, -0.25) is 15.1 Å². The smallest absolute Gasteiger partial charge is 0.305 e. The fourth-order valence-electron chi connectivity index (χ4n) is 2.48. The molecule has 2 heterocycles. The maximum atomic E-state index is 12.0. The van der Waals surface area contributed by atoms with Gasteiger partial charge in [-0.1, -0.05) is 25.4 Å². The van der Waals surface area contributed by atoms with Crippen LogP contribution in [0.4, 0.5) is 4.79 Å². The lowest BCUT2D eigenvalue weighted by Gasteiger charge is -2.33. The minimum Gasteiger partial charge on any atom is -0.305 e. The van der Waals surface area contributed by atoms with Crippen molar-refractivity contribution in [3.8, 4) is 0 Å². The Morgan fingerprint density at radius 3 is 2.63 bits per heavy atom. The van der Waals surface area contributed by atoms with Gasteiger partial charge in [-0.25, -0.2) is 4.79 Å². The van der Waals surface area contributed by atoms with E-state index in [0.717, 1.165) is 5.56 Å². The molecule has 0 bridgehead atoms. The molecule has 2 rings (SSSR count). The van der Waals surface area contributed by atoms with E-state index in [1.54, 1.807) is 17.2 Å². The molecule has 3 amide bonds. The molecule has 0 aromatic carbocycles. The number of hydrogen-bond donors (Lipinski definition) is 1. The lowest BCUT2D eigenvalue weighted by molar-refractivity contribution is -0.127. The van der Waals surface area contributed by atoms with Crippen LogP contribution in [0.15, 0.2) is 18.5 Å². The summed E-state index contributed by atoms with van der Waals surface area (Å²) in [6.45, 7) is 4.12. The number of carbonyl (C=O) groups excluding carboxylic acids is 2. The van der Waals surface area contributed by atoms with Gasteiger partial charge in [0.15, 0.2) is 0 Å². The summed E-state index contributed by atoms with van der Waals surface area (Å²) in [4.78, 5) is 29.5. The number of rotatable bonds is 4. The van der Waals surface area contributed by atoms with Crippen molar-refractivity contribution in [2.45, 2.75) is 38.8 Å². The second-order valence-electron chi connectivity index (χ2n) is 4.55. The van der Waals surface area contributed by atoms with Crippen molar-refractivity contribution in [3.63, 3.8) is 0 Å². The summed E-state index contributed by atoms with van der Waals surface area (Å²) >= 11 is 6.06. The Balaban J connectivity index is 2.34. The summed E-state index contributed by atoms with van der Waals surface area (Å²) in [5.74, 6) is -0.229. The summed E-state index contributed by atoms with van der Waals surface area (Å²) in [6.07, 6.45) is 4.30. The van der Waals surface area contributed by atoms with Crippen LogP contribution in [0.5, 0.6) is 0 Å². The summed E-state index contributed by atoms with van der Waals surface area (Å²) in [5, 5.41) is 2.88. The lowest BCUT2D eigenvalue weighted by atomic mass is 9.91. The number of amides is 3. The molecule has 1 aliphatic rings. The Kier molecular flexibility index (Phi) is 3.75. The monoisotopic (exact) mass is 281 g/mol. The molecule has 1 N–H and O–H groups in total. The van der Waals surface area contributed by atoms with E-state index in [-0.39, 0.29) is 11.9 Å². The number of urea groups is 1. The van der Waals surface area contributed by atoms with Gasteiger partial charge in [-0.05, 0) is 24.5 Å².